The second-order valence-electron chi connectivity index (χ2n) is 4.60. The fourth-order valence-electron chi connectivity index (χ4n) is 2.46. The summed E-state index contributed by atoms with van der Waals surface area (Å²) in [4.78, 5) is 13.8. The second-order valence-corrected chi connectivity index (χ2v) is 4.60. The van der Waals surface area contributed by atoms with Gasteiger partial charge in [0.1, 0.15) is 0 Å². The lowest BCUT2D eigenvalue weighted by atomic mass is 10.1. The normalized spacial score (nSPS) is 31.7. The Labute approximate surface area is 90.8 Å². The van der Waals surface area contributed by atoms with E-state index in [-0.39, 0.29) is 24.2 Å². The van der Waals surface area contributed by atoms with Crippen LogP contribution >= 0.6 is 0 Å². The Morgan fingerprint density at radius 2 is 2.07 bits per heavy atom. The van der Waals surface area contributed by atoms with Gasteiger partial charge in [0.25, 0.3) is 0 Å². The number of ether oxygens (including phenoxy) is 1. The van der Waals surface area contributed by atoms with Crippen LogP contribution in [0.1, 0.15) is 32.6 Å². The number of hydrogen-bond donors (Lipinski definition) is 1. The minimum Gasteiger partial charge on any atom is -0.371 e. The minimum absolute atomic E-state index is 0.108. The predicted octanol–water partition coefficient (Wildman–Crippen LogP) is 0.504. The van der Waals surface area contributed by atoms with E-state index < -0.39 is 0 Å². The fourth-order valence-corrected chi connectivity index (χ4v) is 2.46. The average molecular weight is 212 g/mol. The van der Waals surface area contributed by atoms with Gasteiger partial charge in [-0.25, -0.2) is 0 Å². The monoisotopic (exact) mass is 212 g/mol. The third-order valence-corrected chi connectivity index (χ3v) is 3.27. The number of hydrogen-bond acceptors (Lipinski definition) is 3. The topological polar surface area (TPSA) is 55.6 Å². The Morgan fingerprint density at radius 3 is 2.60 bits per heavy atom. The van der Waals surface area contributed by atoms with Gasteiger partial charge >= 0.3 is 0 Å². The van der Waals surface area contributed by atoms with Gasteiger partial charge in [0, 0.05) is 13.1 Å². The van der Waals surface area contributed by atoms with Crippen LogP contribution in [0.5, 0.6) is 0 Å². The molecule has 86 valence electrons. The van der Waals surface area contributed by atoms with E-state index in [9.17, 15) is 4.79 Å². The van der Waals surface area contributed by atoms with Gasteiger partial charge in [-0.2, -0.15) is 0 Å². The molecule has 2 unspecified atom stereocenters. The second kappa shape index (κ2) is 4.49. The molecule has 2 bridgehead atoms. The largest absolute Gasteiger partial charge is 0.371 e. The summed E-state index contributed by atoms with van der Waals surface area (Å²) >= 11 is 0. The Morgan fingerprint density at radius 1 is 1.47 bits per heavy atom. The number of nitrogens with two attached hydrogens (primary N) is 1. The van der Waals surface area contributed by atoms with Gasteiger partial charge in [-0.3, -0.25) is 4.79 Å². The van der Waals surface area contributed by atoms with Crippen LogP contribution in [0.4, 0.5) is 0 Å². The third-order valence-electron chi connectivity index (χ3n) is 3.27. The molecule has 3 atom stereocenters. The molecule has 4 heteroatoms. The number of rotatable bonds is 3. The minimum atomic E-state index is -0.313. The van der Waals surface area contributed by atoms with E-state index in [1.807, 2.05) is 4.90 Å². The highest BCUT2D eigenvalue weighted by atomic mass is 16.5. The molecule has 0 spiro atoms. The molecule has 1 amide bonds. The highest BCUT2D eigenvalue weighted by Crippen LogP contribution is 2.26. The SMILES string of the molecule is CCC[C@@H](N)C(=O)N1CC2CCC(C1)O2. The summed E-state index contributed by atoms with van der Waals surface area (Å²) < 4.78 is 5.68. The molecule has 0 aromatic rings. The number of carbonyl (C=O) groups excluding carboxylic acids is 1. The summed E-state index contributed by atoms with van der Waals surface area (Å²) in [6.07, 6.45) is 4.47. The van der Waals surface area contributed by atoms with E-state index in [1.54, 1.807) is 0 Å². The first-order valence-electron chi connectivity index (χ1n) is 5.90. The maximum absolute atomic E-state index is 12.0. The summed E-state index contributed by atoms with van der Waals surface area (Å²) in [5.41, 5.74) is 5.84. The van der Waals surface area contributed by atoms with Crippen LogP contribution in [0.3, 0.4) is 0 Å². The van der Waals surface area contributed by atoms with Crippen LogP contribution in [0.2, 0.25) is 0 Å². The van der Waals surface area contributed by atoms with Crippen molar-refractivity contribution >= 4 is 5.91 Å². The number of likely N-dealkylation sites (tertiary alicyclic amines) is 1. The number of carbonyl (C=O) groups is 1. The molecular weight excluding hydrogens is 192 g/mol. The van der Waals surface area contributed by atoms with Gasteiger partial charge < -0.3 is 15.4 Å². The molecule has 2 N–H and O–H groups in total. The van der Waals surface area contributed by atoms with Crippen LogP contribution in [-0.4, -0.2) is 42.1 Å². The van der Waals surface area contributed by atoms with E-state index in [0.29, 0.717) is 0 Å². The Hall–Kier alpha value is -0.610. The Kier molecular flexibility index (Phi) is 3.26. The molecule has 2 rings (SSSR count). The average Bonchev–Trinajstić information content (AvgIpc) is 2.57. The van der Waals surface area contributed by atoms with Crippen LogP contribution < -0.4 is 5.73 Å². The molecule has 0 aromatic carbocycles. The standard InChI is InChI=1S/C11H20N2O2/c1-2-3-10(12)11(14)13-6-8-4-5-9(7-13)15-8/h8-10H,2-7,12H2,1H3/t8?,9?,10-/m1/s1. The number of fused-ring (bicyclic) bond motifs is 2. The summed E-state index contributed by atoms with van der Waals surface area (Å²) in [6, 6.07) is -0.313. The van der Waals surface area contributed by atoms with E-state index >= 15 is 0 Å². The summed E-state index contributed by atoms with van der Waals surface area (Å²) in [6.45, 7) is 3.54. The van der Waals surface area contributed by atoms with Crippen molar-refractivity contribution in [3.63, 3.8) is 0 Å². The number of morpholine rings is 1. The summed E-state index contributed by atoms with van der Waals surface area (Å²) in [5, 5.41) is 0. The van der Waals surface area contributed by atoms with E-state index in [2.05, 4.69) is 6.92 Å². The molecule has 2 fully saturated rings. The van der Waals surface area contributed by atoms with Gasteiger partial charge in [-0.15, -0.1) is 0 Å². The van der Waals surface area contributed by atoms with Gasteiger partial charge in [0.15, 0.2) is 0 Å². The first-order chi connectivity index (χ1) is 7.20. The summed E-state index contributed by atoms with van der Waals surface area (Å²) in [7, 11) is 0. The zero-order valence-electron chi connectivity index (χ0n) is 9.32. The Bertz CT molecular complexity index is 233. The van der Waals surface area contributed by atoms with Gasteiger partial charge in [-0.1, -0.05) is 13.3 Å². The van der Waals surface area contributed by atoms with E-state index in [4.69, 9.17) is 10.5 Å². The number of nitrogens with zero attached hydrogens (tertiary/aromatic N) is 1. The van der Waals surface area contributed by atoms with Crippen LogP contribution in [0.25, 0.3) is 0 Å². The lowest BCUT2D eigenvalue weighted by Crippen LogP contribution is -2.51. The van der Waals surface area contributed by atoms with Gasteiger partial charge in [0.05, 0.1) is 18.2 Å². The van der Waals surface area contributed by atoms with Gasteiger partial charge in [-0.05, 0) is 19.3 Å². The zero-order chi connectivity index (χ0) is 10.8. The van der Waals surface area contributed by atoms with Crippen LogP contribution in [-0.2, 0) is 9.53 Å². The third kappa shape index (κ3) is 2.32. The van der Waals surface area contributed by atoms with Crippen molar-refractivity contribution in [3.8, 4) is 0 Å². The molecule has 15 heavy (non-hydrogen) atoms. The lowest BCUT2D eigenvalue weighted by molar-refractivity contribution is -0.141. The van der Waals surface area contributed by atoms with Crippen molar-refractivity contribution in [1.82, 2.24) is 4.90 Å². The smallest absolute Gasteiger partial charge is 0.239 e. The highest BCUT2D eigenvalue weighted by Gasteiger charge is 2.36. The van der Waals surface area contributed by atoms with Gasteiger partial charge in [0.2, 0.25) is 5.91 Å². The van der Waals surface area contributed by atoms with Crippen molar-refractivity contribution in [3.05, 3.63) is 0 Å². The molecule has 0 radical (unpaired) electrons. The molecular formula is C11H20N2O2. The van der Waals surface area contributed by atoms with E-state index in [1.165, 1.54) is 0 Å². The first kappa shape index (κ1) is 10.9. The summed E-state index contributed by atoms with van der Waals surface area (Å²) in [5.74, 6) is 0.108. The van der Waals surface area contributed by atoms with Crippen molar-refractivity contribution in [2.24, 2.45) is 5.73 Å². The van der Waals surface area contributed by atoms with Crippen molar-refractivity contribution in [1.29, 1.82) is 0 Å². The lowest BCUT2D eigenvalue weighted by Gasteiger charge is -2.33. The molecule has 2 saturated heterocycles. The fraction of sp³-hybridized carbons (Fsp3) is 0.909. The zero-order valence-corrected chi connectivity index (χ0v) is 9.32. The molecule has 2 aliphatic rings. The number of amides is 1. The van der Waals surface area contributed by atoms with Crippen LogP contribution in [0.15, 0.2) is 0 Å². The molecule has 2 heterocycles. The Balaban J connectivity index is 1.90. The molecule has 0 saturated carbocycles. The van der Waals surface area contributed by atoms with E-state index in [0.717, 1.165) is 38.8 Å². The van der Waals surface area contributed by atoms with Crippen molar-refractivity contribution in [2.45, 2.75) is 50.9 Å². The van der Waals surface area contributed by atoms with Crippen molar-refractivity contribution in [2.75, 3.05) is 13.1 Å². The molecule has 4 nitrogen and oxygen atoms in total. The molecule has 0 aromatic heterocycles. The van der Waals surface area contributed by atoms with Crippen molar-refractivity contribution < 1.29 is 9.53 Å². The highest BCUT2D eigenvalue weighted by molar-refractivity contribution is 5.81. The maximum Gasteiger partial charge on any atom is 0.239 e. The first-order valence-corrected chi connectivity index (χ1v) is 5.90. The molecule has 2 aliphatic heterocycles. The maximum atomic E-state index is 12.0. The quantitative estimate of drug-likeness (QED) is 0.741. The van der Waals surface area contributed by atoms with Crippen LogP contribution in [0, 0.1) is 0 Å². The predicted molar refractivity (Wildman–Crippen MR) is 57.4 cm³/mol. The molecule has 0 aliphatic carbocycles.